The molecule has 13 aromatic rings. The summed E-state index contributed by atoms with van der Waals surface area (Å²) in [6, 6.07) is 99.5. The molecule has 2 aliphatic carbocycles. The summed E-state index contributed by atoms with van der Waals surface area (Å²) in [5, 5.41) is 7.52. The summed E-state index contributed by atoms with van der Waals surface area (Å²) in [5.41, 5.74) is 21.3. The fourth-order valence-electron chi connectivity index (χ4n) is 12.7. The molecule has 12 aromatic carbocycles. The highest BCUT2D eigenvalue weighted by Crippen LogP contribution is 2.64. The monoisotopic (exact) mass is 900 g/mol. The zero-order valence-corrected chi connectivity index (χ0v) is 38.8. The van der Waals surface area contributed by atoms with E-state index in [1.54, 1.807) is 0 Å². The van der Waals surface area contributed by atoms with Gasteiger partial charge in [-0.15, -0.1) is 0 Å². The van der Waals surface area contributed by atoms with E-state index in [2.05, 4.69) is 276 Å². The number of hydrogen-bond donors (Lipinski definition) is 0. The van der Waals surface area contributed by atoms with Gasteiger partial charge in [-0.2, -0.15) is 0 Å². The Labute approximate surface area is 412 Å². The Morgan fingerprint density at radius 1 is 0.296 bits per heavy atom. The molecule has 15 rings (SSSR count). The minimum absolute atomic E-state index is 0.662. The molecule has 2 heteroatoms. The maximum absolute atomic E-state index is 2.54. The average Bonchev–Trinajstić information content (AvgIpc) is 3.93. The molecule has 1 unspecified atom stereocenters. The third-order valence-electron chi connectivity index (χ3n) is 15.6. The van der Waals surface area contributed by atoms with E-state index in [1.165, 1.54) is 105 Å². The van der Waals surface area contributed by atoms with Crippen molar-refractivity contribution in [1.29, 1.82) is 0 Å². The van der Waals surface area contributed by atoms with Crippen molar-refractivity contribution in [3.8, 4) is 50.2 Å². The molecule has 0 aliphatic heterocycles. The van der Waals surface area contributed by atoms with Crippen molar-refractivity contribution in [3.05, 3.63) is 289 Å². The minimum Gasteiger partial charge on any atom is -0.310 e. The number of anilines is 3. The second-order valence-corrected chi connectivity index (χ2v) is 19.1. The van der Waals surface area contributed by atoms with Gasteiger partial charge < -0.3 is 9.47 Å². The average molecular weight is 901 g/mol. The van der Waals surface area contributed by atoms with Gasteiger partial charge in [0.15, 0.2) is 0 Å². The topological polar surface area (TPSA) is 8.17 Å². The normalized spacial score (nSPS) is 14.3. The van der Waals surface area contributed by atoms with Crippen LogP contribution in [0.2, 0.25) is 0 Å². The van der Waals surface area contributed by atoms with Gasteiger partial charge in [0.05, 0.1) is 16.4 Å². The number of rotatable bonds is 6. The third-order valence-corrected chi connectivity index (χ3v) is 15.6. The van der Waals surface area contributed by atoms with E-state index in [0.29, 0.717) is 0 Å². The van der Waals surface area contributed by atoms with Crippen LogP contribution in [0, 0.1) is 0 Å². The highest BCUT2D eigenvalue weighted by molar-refractivity contribution is 6.13. The maximum atomic E-state index is 2.54. The van der Waals surface area contributed by atoms with Gasteiger partial charge in [-0.3, -0.25) is 0 Å². The van der Waals surface area contributed by atoms with E-state index in [9.17, 15) is 0 Å². The quantitative estimate of drug-likeness (QED) is 0.161. The molecule has 0 fully saturated rings. The van der Waals surface area contributed by atoms with Crippen molar-refractivity contribution >= 4 is 60.4 Å². The summed E-state index contributed by atoms with van der Waals surface area (Å²) < 4.78 is 2.42. The molecule has 0 N–H and O–H groups in total. The standard InChI is InChI=1S/C69H44N2/c1-3-17-45(18-4-1)46-33-36-50(37-34-46)70(52-39-42-59-58-27-11-14-32-65(58)71(66(59)44-52)49-22-5-2-6-23-49)51-38-41-57-55-25-9-12-30-62(55)69(64(57)43-51)63-31-13-10-26-56(63)60-29-16-21-48-35-40-61(68(69)67(48)60)54-28-15-20-47-19-7-8-24-53(47)54/h1-44H. The van der Waals surface area contributed by atoms with Crippen LogP contribution in [0.25, 0.3) is 93.5 Å². The third kappa shape index (κ3) is 5.71. The lowest BCUT2D eigenvalue weighted by molar-refractivity contribution is 0.775. The molecule has 2 aliphatic rings. The second kappa shape index (κ2) is 15.4. The molecule has 330 valence electrons. The number of para-hydroxylation sites is 2. The first-order valence-corrected chi connectivity index (χ1v) is 24.7. The maximum Gasteiger partial charge on any atom is 0.0732 e. The van der Waals surface area contributed by atoms with Crippen LogP contribution < -0.4 is 4.90 Å². The first kappa shape index (κ1) is 39.7. The lowest BCUT2D eigenvalue weighted by Gasteiger charge is -2.42. The Morgan fingerprint density at radius 3 is 1.63 bits per heavy atom. The van der Waals surface area contributed by atoms with Crippen LogP contribution in [-0.4, -0.2) is 4.57 Å². The van der Waals surface area contributed by atoms with E-state index in [1.807, 2.05) is 0 Å². The summed E-state index contributed by atoms with van der Waals surface area (Å²) in [7, 11) is 0. The van der Waals surface area contributed by atoms with Crippen LogP contribution in [0.3, 0.4) is 0 Å². The van der Waals surface area contributed by atoms with Gasteiger partial charge in [-0.25, -0.2) is 0 Å². The van der Waals surface area contributed by atoms with Crippen LogP contribution >= 0.6 is 0 Å². The fourth-order valence-corrected chi connectivity index (χ4v) is 12.7. The molecular formula is C69H44N2. The molecule has 71 heavy (non-hydrogen) atoms. The highest BCUT2D eigenvalue weighted by Gasteiger charge is 2.51. The molecular weight excluding hydrogens is 857 g/mol. The molecule has 0 bridgehead atoms. The summed E-state index contributed by atoms with van der Waals surface area (Å²) in [5.74, 6) is 0. The van der Waals surface area contributed by atoms with E-state index < -0.39 is 5.41 Å². The van der Waals surface area contributed by atoms with Crippen molar-refractivity contribution in [2.75, 3.05) is 4.90 Å². The Balaban J connectivity index is 1.04. The number of aromatic nitrogens is 1. The van der Waals surface area contributed by atoms with Gasteiger partial charge >= 0.3 is 0 Å². The molecule has 0 saturated carbocycles. The van der Waals surface area contributed by atoms with Crippen LogP contribution in [0.5, 0.6) is 0 Å². The lowest BCUT2D eigenvalue weighted by atomic mass is 9.60. The highest BCUT2D eigenvalue weighted by atomic mass is 15.1. The minimum atomic E-state index is -0.662. The largest absolute Gasteiger partial charge is 0.310 e. The van der Waals surface area contributed by atoms with Crippen LogP contribution in [0.15, 0.2) is 267 Å². The van der Waals surface area contributed by atoms with Crippen molar-refractivity contribution in [3.63, 3.8) is 0 Å². The van der Waals surface area contributed by atoms with E-state index >= 15 is 0 Å². The van der Waals surface area contributed by atoms with Crippen molar-refractivity contribution in [1.82, 2.24) is 4.57 Å². The zero-order valence-electron chi connectivity index (χ0n) is 38.8. The van der Waals surface area contributed by atoms with Gasteiger partial charge in [0, 0.05) is 33.5 Å². The number of fused-ring (bicyclic) bond motifs is 13. The van der Waals surface area contributed by atoms with Gasteiger partial charge in [0.1, 0.15) is 0 Å². The molecule has 1 heterocycles. The van der Waals surface area contributed by atoms with Gasteiger partial charge in [-0.05, 0) is 143 Å². The van der Waals surface area contributed by atoms with Crippen molar-refractivity contribution < 1.29 is 0 Å². The molecule has 1 spiro atoms. The molecule has 1 aromatic heterocycles. The zero-order chi connectivity index (χ0) is 46.6. The Hall–Kier alpha value is -9.24. The first-order valence-electron chi connectivity index (χ1n) is 24.7. The van der Waals surface area contributed by atoms with Gasteiger partial charge in [0.25, 0.3) is 0 Å². The fraction of sp³-hybridized carbons (Fsp3) is 0.0145. The van der Waals surface area contributed by atoms with Gasteiger partial charge in [0.2, 0.25) is 0 Å². The van der Waals surface area contributed by atoms with Crippen LogP contribution in [0.4, 0.5) is 17.1 Å². The van der Waals surface area contributed by atoms with E-state index in [0.717, 1.165) is 28.3 Å². The SMILES string of the molecule is c1ccc(-c2ccc(N(c3ccc4c(c3)C3(c5ccccc5-4)c4ccccc4-c4cccc5ccc(-c6cccc7ccccc67)c3c45)c3ccc4c5ccccc5n(-c5ccccc5)c4c3)cc2)cc1. The van der Waals surface area contributed by atoms with Crippen molar-refractivity contribution in [2.45, 2.75) is 5.41 Å². The Kier molecular flexibility index (Phi) is 8.61. The smallest absolute Gasteiger partial charge is 0.0732 e. The Morgan fingerprint density at radius 2 is 0.831 bits per heavy atom. The van der Waals surface area contributed by atoms with Crippen LogP contribution in [-0.2, 0) is 5.41 Å². The van der Waals surface area contributed by atoms with Crippen LogP contribution in [0.1, 0.15) is 22.3 Å². The Bertz CT molecular complexity index is 4270. The molecule has 0 radical (unpaired) electrons. The lowest BCUT2D eigenvalue weighted by Crippen LogP contribution is -2.32. The number of benzene rings is 12. The summed E-state index contributed by atoms with van der Waals surface area (Å²) in [4.78, 5) is 2.48. The molecule has 1 atom stereocenters. The summed E-state index contributed by atoms with van der Waals surface area (Å²) in [6.45, 7) is 0. The molecule has 2 nitrogen and oxygen atoms in total. The predicted molar refractivity (Wildman–Crippen MR) is 298 cm³/mol. The molecule has 0 saturated heterocycles. The predicted octanol–water partition coefficient (Wildman–Crippen LogP) is 18.2. The van der Waals surface area contributed by atoms with Gasteiger partial charge in [-0.1, -0.05) is 212 Å². The van der Waals surface area contributed by atoms with E-state index in [-0.39, 0.29) is 0 Å². The second-order valence-electron chi connectivity index (χ2n) is 19.1. The van der Waals surface area contributed by atoms with Crippen molar-refractivity contribution in [2.24, 2.45) is 0 Å². The number of hydrogen-bond acceptors (Lipinski definition) is 1. The van der Waals surface area contributed by atoms with E-state index in [4.69, 9.17) is 0 Å². The summed E-state index contributed by atoms with van der Waals surface area (Å²) in [6.07, 6.45) is 0. The first-order chi connectivity index (χ1) is 35.2. The summed E-state index contributed by atoms with van der Waals surface area (Å²) >= 11 is 0. The number of nitrogens with zero attached hydrogens (tertiary/aromatic N) is 2. The molecule has 0 amide bonds.